The molecule has 1 aliphatic rings. The summed E-state index contributed by atoms with van der Waals surface area (Å²) in [6.45, 7) is 6.08. The maximum atomic E-state index is 11.3. The molecule has 5 nitrogen and oxygen atoms in total. The van der Waals surface area contributed by atoms with Crippen LogP contribution in [0, 0.1) is 0 Å². The number of furan rings is 1. The molecule has 2 aromatic rings. The van der Waals surface area contributed by atoms with Gasteiger partial charge in [0, 0.05) is 37.4 Å². The minimum atomic E-state index is 0.0665. The summed E-state index contributed by atoms with van der Waals surface area (Å²) in [6.07, 6.45) is 1.71. The first kappa shape index (κ1) is 16.7. The van der Waals surface area contributed by atoms with Gasteiger partial charge in [-0.25, -0.2) is 0 Å². The van der Waals surface area contributed by atoms with E-state index in [1.807, 2.05) is 36.4 Å². The van der Waals surface area contributed by atoms with E-state index in [0.29, 0.717) is 5.56 Å². The Bertz CT molecular complexity index is 690. The molecule has 126 valence electrons. The number of nitrogens with zero attached hydrogens (tertiary/aromatic N) is 2. The number of anilines is 1. The molecule has 1 saturated heterocycles. The normalized spacial score (nSPS) is 15.3. The number of thiocarbonyl (C=S) groups is 1. The summed E-state index contributed by atoms with van der Waals surface area (Å²) >= 11 is 5.51. The molecule has 24 heavy (non-hydrogen) atoms. The van der Waals surface area contributed by atoms with Crippen molar-refractivity contribution in [2.24, 2.45) is 0 Å². The van der Waals surface area contributed by atoms with Crippen molar-refractivity contribution in [3.8, 4) is 0 Å². The third kappa shape index (κ3) is 4.21. The number of ketones is 1. The summed E-state index contributed by atoms with van der Waals surface area (Å²) in [5, 5.41) is 3.97. The molecule has 0 bridgehead atoms. The summed E-state index contributed by atoms with van der Waals surface area (Å²) < 4.78 is 5.40. The van der Waals surface area contributed by atoms with Gasteiger partial charge >= 0.3 is 0 Å². The second-order valence-corrected chi connectivity index (χ2v) is 6.29. The molecule has 1 fully saturated rings. The van der Waals surface area contributed by atoms with E-state index in [-0.39, 0.29) is 5.78 Å². The Morgan fingerprint density at radius 3 is 2.46 bits per heavy atom. The summed E-state index contributed by atoms with van der Waals surface area (Å²) in [7, 11) is 0. The van der Waals surface area contributed by atoms with Gasteiger partial charge in [-0.2, -0.15) is 0 Å². The van der Waals surface area contributed by atoms with E-state index >= 15 is 0 Å². The van der Waals surface area contributed by atoms with Crippen LogP contribution in [0.2, 0.25) is 0 Å². The highest BCUT2D eigenvalue weighted by Gasteiger charge is 2.19. The predicted molar refractivity (Wildman–Crippen MR) is 98.2 cm³/mol. The molecule has 0 saturated carbocycles. The topological polar surface area (TPSA) is 48.7 Å². The quantitative estimate of drug-likeness (QED) is 0.680. The van der Waals surface area contributed by atoms with E-state index in [9.17, 15) is 4.79 Å². The molecule has 2 heterocycles. The molecule has 1 N–H and O–H groups in total. The van der Waals surface area contributed by atoms with Gasteiger partial charge in [0.25, 0.3) is 0 Å². The summed E-state index contributed by atoms with van der Waals surface area (Å²) in [5.41, 5.74) is 1.61. The first-order chi connectivity index (χ1) is 11.6. The largest absolute Gasteiger partial charge is 0.468 e. The first-order valence-corrected chi connectivity index (χ1v) is 8.44. The SMILES string of the molecule is CC(=O)c1ccc(NC(=S)N2CCN(Cc3ccco3)CC2)cc1. The molecule has 0 unspecified atom stereocenters. The Balaban J connectivity index is 1.49. The van der Waals surface area contributed by atoms with Crippen LogP contribution >= 0.6 is 12.2 Å². The third-order valence-electron chi connectivity index (χ3n) is 4.16. The minimum Gasteiger partial charge on any atom is -0.468 e. The van der Waals surface area contributed by atoms with Gasteiger partial charge in [0.2, 0.25) is 0 Å². The van der Waals surface area contributed by atoms with E-state index in [2.05, 4.69) is 15.1 Å². The number of piperazine rings is 1. The molecular weight excluding hydrogens is 322 g/mol. The number of carbonyl (C=O) groups excluding carboxylic acids is 1. The van der Waals surface area contributed by atoms with Crippen molar-refractivity contribution in [2.45, 2.75) is 13.5 Å². The van der Waals surface area contributed by atoms with E-state index in [1.54, 1.807) is 13.2 Å². The Hall–Kier alpha value is -2.18. The van der Waals surface area contributed by atoms with Crippen LogP contribution in [-0.4, -0.2) is 46.9 Å². The lowest BCUT2D eigenvalue weighted by Gasteiger charge is -2.35. The lowest BCUT2D eigenvalue weighted by molar-refractivity contribution is 0.101. The molecule has 1 aliphatic heterocycles. The highest BCUT2D eigenvalue weighted by atomic mass is 32.1. The zero-order valence-corrected chi connectivity index (χ0v) is 14.5. The lowest BCUT2D eigenvalue weighted by atomic mass is 10.1. The van der Waals surface area contributed by atoms with Crippen molar-refractivity contribution < 1.29 is 9.21 Å². The molecule has 0 amide bonds. The number of Topliss-reactive ketones (excluding diaryl/α,β-unsaturated/α-hetero) is 1. The van der Waals surface area contributed by atoms with Crippen molar-refractivity contribution in [3.05, 3.63) is 54.0 Å². The van der Waals surface area contributed by atoms with E-state index in [4.69, 9.17) is 16.6 Å². The van der Waals surface area contributed by atoms with Crippen molar-refractivity contribution in [1.82, 2.24) is 9.80 Å². The van der Waals surface area contributed by atoms with Gasteiger partial charge in [0.1, 0.15) is 5.76 Å². The molecule has 0 radical (unpaired) electrons. The predicted octanol–water partition coefficient (Wildman–Crippen LogP) is 3.00. The molecule has 0 spiro atoms. The Morgan fingerprint density at radius 2 is 1.88 bits per heavy atom. The average molecular weight is 343 g/mol. The number of benzene rings is 1. The Morgan fingerprint density at radius 1 is 1.17 bits per heavy atom. The van der Waals surface area contributed by atoms with Gasteiger partial charge < -0.3 is 14.6 Å². The fraction of sp³-hybridized carbons (Fsp3) is 0.333. The van der Waals surface area contributed by atoms with Crippen LogP contribution in [0.3, 0.4) is 0 Å². The maximum absolute atomic E-state index is 11.3. The molecule has 6 heteroatoms. The number of rotatable bonds is 4. The van der Waals surface area contributed by atoms with Gasteiger partial charge in [0.15, 0.2) is 10.9 Å². The van der Waals surface area contributed by atoms with Gasteiger partial charge in [-0.1, -0.05) is 0 Å². The van der Waals surface area contributed by atoms with Crippen LogP contribution in [0.5, 0.6) is 0 Å². The van der Waals surface area contributed by atoms with Crippen molar-refractivity contribution in [1.29, 1.82) is 0 Å². The smallest absolute Gasteiger partial charge is 0.173 e. The van der Waals surface area contributed by atoms with Crippen LogP contribution in [-0.2, 0) is 6.54 Å². The van der Waals surface area contributed by atoms with Crippen LogP contribution < -0.4 is 5.32 Å². The zero-order valence-electron chi connectivity index (χ0n) is 13.7. The second kappa shape index (κ2) is 7.59. The van der Waals surface area contributed by atoms with E-state index < -0.39 is 0 Å². The third-order valence-corrected chi connectivity index (χ3v) is 4.52. The van der Waals surface area contributed by atoms with Gasteiger partial charge in [-0.3, -0.25) is 9.69 Å². The van der Waals surface area contributed by atoms with E-state index in [1.165, 1.54) is 0 Å². The maximum Gasteiger partial charge on any atom is 0.173 e. The summed E-state index contributed by atoms with van der Waals surface area (Å²) in [6, 6.07) is 11.3. The molecular formula is C18H21N3O2S. The number of hydrogen-bond acceptors (Lipinski definition) is 4. The molecule has 1 aromatic carbocycles. The standard InChI is InChI=1S/C18H21N3O2S/c1-14(22)15-4-6-16(7-5-15)19-18(24)21-10-8-20(9-11-21)13-17-3-2-12-23-17/h2-7,12H,8-11,13H2,1H3,(H,19,24). The number of nitrogens with one attached hydrogen (secondary N) is 1. The van der Waals surface area contributed by atoms with Crippen molar-refractivity contribution in [3.63, 3.8) is 0 Å². The highest BCUT2D eigenvalue weighted by Crippen LogP contribution is 2.13. The van der Waals surface area contributed by atoms with Gasteiger partial charge in [0.05, 0.1) is 12.8 Å². The van der Waals surface area contributed by atoms with Crippen LogP contribution in [0.1, 0.15) is 23.0 Å². The fourth-order valence-corrected chi connectivity index (χ4v) is 3.02. The van der Waals surface area contributed by atoms with Gasteiger partial charge in [-0.05, 0) is 55.5 Å². The summed E-state index contributed by atoms with van der Waals surface area (Å²) in [4.78, 5) is 15.8. The average Bonchev–Trinajstić information content (AvgIpc) is 3.09. The van der Waals surface area contributed by atoms with Crippen LogP contribution in [0.4, 0.5) is 5.69 Å². The Kier molecular flexibility index (Phi) is 5.27. The molecule has 1 aromatic heterocycles. The minimum absolute atomic E-state index is 0.0665. The first-order valence-electron chi connectivity index (χ1n) is 8.03. The van der Waals surface area contributed by atoms with Crippen molar-refractivity contribution >= 4 is 28.8 Å². The molecule has 0 atom stereocenters. The monoisotopic (exact) mass is 343 g/mol. The highest BCUT2D eigenvalue weighted by molar-refractivity contribution is 7.80. The molecule has 3 rings (SSSR count). The van der Waals surface area contributed by atoms with Crippen LogP contribution in [0.15, 0.2) is 47.1 Å². The number of hydrogen-bond donors (Lipinski definition) is 1. The Labute approximate surface area is 147 Å². The van der Waals surface area contributed by atoms with Crippen LogP contribution in [0.25, 0.3) is 0 Å². The number of carbonyl (C=O) groups is 1. The van der Waals surface area contributed by atoms with E-state index in [0.717, 1.165) is 49.3 Å². The summed E-state index contributed by atoms with van der Waals surface area (Å²) in [5.74, 6) is 1.06. The van der Waals surface area contributed by atoms with Crippen molar-refractivity contribution in [2.75, 3.05) is 31.5 Å². The van der Waals surface area contributed by atoms with Gasteiger partial charge in [-0.15, -0.1) is 0 Å². The molecule has 0 aliphatic carbocycles. The fourth-order valence-electron chi connectivity index (χ4n) is 2.72. The second-order valence-electron chi connectivity index (χ2n) is 5.91. The lowest BCUT2D eigenvalue weighted by Crippen LogP contribution is -2.49. The zero-order chi connectivity index (χ0) is 16.9.